The van der Waals surface area contributed by atoms with E-state index in [-0.39, 0.29) is 11.9 Å². The first-order chi connectivity index (χ1) is 11.1. The summed E-state index contributed by atoms with van der Waals surface area (Å²) in [7, 11) is 0. The van der Waals surface area contributed by atoms with Gasteiger partial charge < -0.3 is 4.90 Å². The van der Waals surface area contributed by atoms with Crippen LogP contribution in [0.1, 0.15) is 30.0 Å². The Balaban J connectivity index is 1.55. The summed E-state index contributed by atoms with van der Waals surface area (Å²) < 4.78 is 0. The van der Waals surface area contributed by atoms with Gasteiger partial charge in [-0.15, -0.1) is 11.8 Å². The lowest BCUT2D eigenvalue weighted by Gasteiger charge is -2.24. The van der Waals surface area contributed by atoms with Crippen molar-refractivity contribution in [3.05, 3.63) is 56.2 Å². The maximum absolute atomic E-state index is 12.5. The number of thioether (sulfide) groups is 1. The summed E-state index contributed by atoms with van der Waals surface area (Å²) in [5, 5.41) is 5.52. The van der Waals surface area contributed by atoms with E-state index in [9.17, 15) is 4.79 Å². The molecule has 0 saturated carbocycles. The number of carbonyl (C=O) groups excluding carboxylic acids is 1. The van der Waals surface area contributed by atoms with Gasteiger partial charge in [0.1, 0.15) is 0 Å². The summed E-state index contributed by atoms with van der Waals surface area (Å²) in [6.07, 6.45) is 2.15. The molecule has 1 fully saturated rings. The van der Waals surface area contributed by atoms with Crippen LogP contribution in [-0.2, 0) is 10.5 Å². The smallest absolute Gasteiger partial charge is 0.233 e. The Labute approximate surface area is 154 Å². The minimum absolute atomic E-state index is 0.216. The molecule has 1 atom stereocenters. The monoisotopic (exact) mass is 385 g/mol. The third-order valence-corrected chi connectivity index (χ3v) is 6.25. The molecule has 0 bridgehead atoms. The Morgan fingerprint density at radius 3 is 2.96 bits per heavy atom. The molecule has 2 aromatic rings. The second-order valence-electron chi connectivity index (χ2n) is 5.53. The molecular weight excluding hydrogens is 369 g/mol. The van der Waals surface area contributed by atoms with E-state index < -0.39 is 0 Å². The Bertz CT molecular complexity index is 675. The van der Waals surface area contributed by atoms with Gasteiger partial charge in [-0.05, 0) is 52.9 Å². The molecule has 0 aliphatic carbocycles. The van der Waals surface area contributed by atoms with Crippen LogP contribution >= 0.6 is 46.3 Å². The first kappa shape index (κ1) is 17.2. The summed E-state index contributed by atoms with van der Waals surface area (Å²) in [5.74, 6) is 1.42. The maximum atomic E-state index is 12.5. The molecule has 0 radical (unpaired) electrons. The quantitative estimate of drug-likeness (QED) is 0.662. The highest BCUT2D eigenvalue weighted by atomic mass is 35.5. The average molecular weight is 386 g/mol. The molecule has 1 aliphatic rings. The lowest BCUT2D eigenvalue weighted by Crippen LogP contribution is -2.31. The molecule has 3 rings (SSSR count). The van der Waals surface area contributed by atoms with Crippen molar-refractivity contribution < 1.29 is 4.79 Å². The zero-order valence-corrected chi connectivity index (χ0v) is 15.6. The molecule has 2 heterocycles. The third kappa shape index (κ3) is 4.24. The molecule has 1 aromatic carbocycles. The molecular formula is C17H17Cl2NOS2. The first-order valence-corrected chi connectivity index (χ1v) is 10.3. The summed E-state index contributed by atoms with van der Waals surface area (Å²) in [6.45, 7) is 0.863. The zero-order valence-electron chi connectivity index (χ0n) is 12.5. The number of carbonyl (C=O) groups is 1. The highest BCUT2D eigenvalue weighted by molar-refractivity contribution is 7.99. The van der Waals surface area contributed by atoms with Crippen molar-refractivity contribution in [2.45, 2.75) is 24.6 Å². The fourth-order valence-electron chi connectivity index (χ4n) is 2.85. The number of rotatable bonds is 5. The van der Waals surface area contributed by atoms with Crippen molar-refractivity contribution >= 4 is 52.2 Å². The summed E-state index contributed by atoms with van der Waals surface area (Å²) >= 11 is 15.4. The fourth-order valence-corrected chi connectivity index (χ4v) is 5.02. The Morgan fingerprint density at radius 2 is 2.22 bits per heavy atom. The topological polar surface area (TPSA) is 20.3 Å². The Kier molecular flexibility index (Phi) is 5.91. The van der Waals surface area contributed by atoms with E-state index in [0.29, 0.717) is 15.8 Å². The average Bonchev–Trinajstić information content (AvgIpc) is 3.19. The maximum Gasteiger partial charge on any atom is 0.233 e. The highest BCUT2D eigenvalue weighted by Gasteiger charge is 2.29. The van der Waals surface area contributed by atoms with E-state index in [2.05, 4.69) is 16.8 Å². The molecule has 1 aromatic heterocycles. The van der Waals surface area contributed by atoms with E-state index in [4.69, 9.17) is 23.2 Å². The molecule has 0 N–H and O–H groups in total. The van der Waals surface area contributed by atoms with Crippen molar-refractivity contribution in [1.29, 1.82) is 0 Å². The van der Waals surface area contributed by atoms with Gasteiger partial charge in [-0.2, -0.15) is 11.3 Å². The normalized spacial score (nSPS) is 17.7. The second-order valence-corrected chi connectivity index (χ2v) is 8.14. The predicted octanol–water partition coefficient (Wildman–Crippen LogP) is 5.65. The molecule has 1 amide bonds. The van der Waals surface area contributed by atoms with Crippen LogP contribution in [0.5, 0.6) is 0 Å². The van der Waals surface area contributed by atoms with E-state index >= 15 is 0 Å². The van der Waals surface area contributed by atoms with Gasteiger partial charge in [-0.25, -0.2) is 0 Å². The number of thiophene rings is 1. The predicted molar refractivity (Wildman–Crippen MR) is 101 cm³/mol. The zero-order chi connectivity index (χ0) is 16.2. The van der Waals surface area contributed by atoms with Gasteiger partial charge in [0.2, 0.25) is 5.91 Å². The molecule has 23 heavy (non-hydrogen) atoms. The van der Waals surface area contributed by atoms with Crippen LogP contribution in [0.3, 0.4) is 0 Å². The van der Waals surface area contributed by atoms with Crippen molar-refractivity contribution in [2.75, 3.05) is 12.3 Å². The number of nitrogens with zero attached hydrogens (tertiary/aromatic N) is 1. The van der Waals surface area contributed by atoms with Crippen molar-refractivity contribution in [1.82, 2.24) is 4.90 Å². The summed E-state index contributed by atoms with van der Waals surface area (Å²) in [5.41, 5.74) is 2.29. The molecule has 1 unspecified atom stereocenters. The number of likely N-dealkylation sites (tertiary alicyclic amines) is 1. The van der Waals surface area contributed by atoms with Crippen LogP contribution in [0.2, 0.25) is 10.0 Å². The van der Waals surface area contributed by atoms with E-state index in [1.165, 1.54) is 5.56 Å². The minimum atomic E-state index is 0.216. The molecule has 0 spiro atoms. The second kappa shape index (κ2) is 7.93. The lowest BCUT2D eigenvalue weighted by atomic mass is 10.1. The minimum Gasteiger partial charge on any atom is -0.335 e. The Morgan fingerprint density at radius 1 is 1.35 bits per heavy atom. The first-order valence-electron chi connectivity index (χ1n) is 7.48. The van der Waals surface area contributed by atoms with Crippen LogP contribution in [0, 0.1) is 0 Å². The molecule has 2 nitrogen and oxygen atoms in total. The van der Waals surface area contributed by atoms with Crippen LogP contribution in [-0.4, -0.2) is 23.1 Å². The largest absolute Gasteiger partial charge is 0.335 e. The number of benzene rings is 1. The Hall–Kier alpha value is -0.680. The van der Waals surface area contributed by atoms with Gasteiger partial charge in [0, 0.05) is 22.3 Å². The molecule has 1 aliphatic heterocycles. The number of amides is 1. The van der Waals surface area contributed by atoms with Crippen LogP contribution in [0.4, 0.5) is 0 Å². The van der Waals surface area contributed by atoms with E-state index in [1.807, 2.05) is 17.0 Å². The highest BCUT2D eigenvalue weighted by Crippen LogP contribution is 2.33. The van der Waals surface area contributed by atoms with Crippen LogP contribution < -0.4 is 0 Å². The van der Waals surface area contributed by atoms with Gasteiger partial charge in [0.25, 0.3) is 0 Å². The number of hydrogen-bond donors (Lipinski definition) is 0. The van der Waals surface area contributed by atoms with Gasteiger partial charge in [-0.1, -0.05) is 29.3 Å². The number of hydrogen-bond acceptors (Lipinski definition) is 3. The molecule has 122 valence electrons. The van der Waals surface area contributed by atoms with E-state index in [1.54, 1.807) is 29.2 Å². The van der Waals surface area contributed by atoms with Crippen LogP contribution in [0.25, 0.3) is 0 Å². The SMILES string of the molecule is O=C(CSCc1ccc(Cl)cc1Cl)N1CCCC1c1ccsc1. The third-order valence-electron chi connectivity index (χ3n) is 4.00. The van der Waals surface area contributed by atoms with Crippen LogP contribution in [0.15, 0.2) is 35.0 Å². The van der Waals surface area contributed by atoms with Gasteiger partial charge >= 0.3 is 0 Å². The van der Waals surface area contributed by atoms with Crippen molar-refractivity contribution in [2.24, 2.45) is 0 Å². The van der Waals surface area contributed by atoms with Crippen molar-refractivity contribution in [3.63, 3.8) is 0 Å². The van der Waals surface area contributed by atoms with Gasteiger partial charge in [0.15, 0.2) is 0 Å². The van der Waals surface area contributed by atoms with Gasteiger partial charge in [-0.3, -0.25) is 4.79 Å². The lowest BCUT2D eigenvalue weighted by molar-refractivity contribution is -0.129. The summed E-state index contributed by atoms with van der Waals surface area (Å²) in [4.78, 5) is 14.6. The van der Waals surface area contributed by atoms with E-state index in [0.717, 1.165) is 30.7 Å². The fraction of sp³-hybridized carbons (Fsp3) is 0.353. The molecule has 6 heteroatoms. The molecule has 1 saturated heterocycles. The summed E-state index contributed by atoms with van der Waals surface area (Å²) in [6, 6.07) is 7.88. The van der Waals surface area contributed by atoms with Crippen molar-refractivity contribution in [3.8, 4) is 0 Å². The van der Waals surface area contributed by atoms with Gasteiger partial charge in [0.05, 0.1) is 11.8 Å². The standard InChI is InChI=1S/C17H17Cl2NOS2/c18-14-4-3-12(15(19)8-14)9-23-11-17(21)20-6-1-2-16(20)13-5-7-22-10-13/h3-5,7-8,10,16H,1-2,6,9,11H2. The number of halogens is 2.